The van der Waals surface area contributed by atoms with Gasteiger partial charge in [0.05, 0.1) is 17.5 Å². The third kappa shape index (κ3) is 4.07. The molecule has 0 saturated carbocycles. The largest absolute Gasteiger partial charge is 0.387 e. The minimum atomic E-state index is -1.19. The minimum absolute atomic E-state index is 0.123. The van der Waals surface area contributed by atoms with E-state index in [0.29, 0.717) is 5.69 Å². The van der Waals surface area contributed by atoms with Crippen LogP contribution in [0.4, 0.5) is 8.78 Å². The van der Waals surface area contributed by atoms with Crippen LogP contribution in [0.25, 0.3) is 5.69 Å². The summed E-state index contributed by atoms with van der Waals surface area (Å²) in [5.74, 6) is -2.58. The van der Waals surface area contributed by atoms with Crippen LogP contribution in [-0.2, 0) is 0 Å². The van der Waals surface area contributed by atoms with Crippen molar-refractivity contribution >= 4 is 5.91 Å². The van der Waals surface area contributed by atoms with Crippen molar-refractivity contribution in [2.45, 2.75) is 26.9 Å². The van der Waals surface area contributed by atoms with Gasteiger partial charge in [-0.05, 0) is 50.1 Å². The average Bonchev–Trinajstić information content (AvgIpc) is 3.03. The number of aliphatic hydroxyl groups excluding tert-OH is 1. The van der Waals surface area contributed by atoms with Crippen LogP contribution in [0.15, 0.2) is 36.4 Å². The van der Waals surface area contributed by atoms with Crippen molar-refractivity contribution in [3.63, 3.8) is 0 Å². The van der Waals surface area contributed by atoms with Crippen molar-refractivity contribution in [1.82, 2.24) is 20.3 Å². The normalized spacial score (nSPS) is 12.1. The van der Waals surface area contributed by atoms with E-state index in [9.17, 15) is 18.7 Å². The second kappa shape index (κ2) is 7.85. The van der Waals surface area contributed by atoms with Crippen LogP contribution in [0.2, 0.25) is 0 Å². The van der Waals surface area contributed by atoms with Crippen LogP contribution in [-0.4, -0.2) is 32.6 Å². The molecular weight excluding hydrogens is 366 g/mol. The second-order valence-electron chi connectivity index (χ2n) is 6.61. The SMILES string of the molecule is Cc1ccc(-n2nc(C)c(C(=O)NCC(O)c3ccc(F)c(F)c3)n2)c(C)c1. The van der Waals surface area contributed by atoms with Gasteiger partial charge in [0.2, 0.25) is 0 Å². The summed E-state index contributed by atoms with van der Waals surface area (Å²) < 4.78 is 26.3. The fourth-order valence-corrected chi connectivity index (χ4v) is 2.84. The van der Waals surface area contributed by atoms with Crippen molar-refractivity contribution in [1.29, 1.82) is 0 Å². The first kappa shape index (κ1) is 19.6. The van der Waals surface area contributed by atoms with Gasteiger partial charge in [-0.25, -0.2) is 8.78 Å². The third-order valence-corrected chi connectivity index (χ3v) is 4.35. The lowest BCUT2D eigenvalue weighted by Gasteiger charge is -2.12. The predicted molar refractivity (Wildman–Crippen MR) is 99.2 cm³/mol. The van der Waals surface area contributed by atoms with E-state index in [1.165, 1.54) is 10.9 Å². The van der Waals surface area contributed by atoms with Crippen LogP contribution in [0.3, 0.4) is 0 Å². The molecule has 1 amide bonds. The number of benzene rings is 2. The summed E-state index contributed by atoms with van der Waals surface area (Å²) in [6.07, 6.45) is -1.19. The smallest absolute Gasteiger partial charge is 0.273 e. The van der Waals surface area contributed by atoms with Gasteiger partial charge in [-0.1, -0.05) is 23.8 Å². The molecule has 1 unspecified atom stereocenters. The van der Waals surface area contributed by atoms with Gasteiger partial charge in [0.1, 0.15) is 0 Å². The third-order valence-electron chi connectivity index (χ3n) is 4.35. The Kier molecular flexibility index (Phi) is 5.51. The van der Waals surface area contributed by atoms with Gasteiger partial charge in [-0.3, -0.25) is 4.79 Å². The molecule has 0 aliphatic heterocycles. The molecular formula is C20H20F2N4O2. The molecule has 2 N–H and O–H groups in total. The zero-order chi connectivity index (χ0) is 20.4. The van der Waals surface area contributed by atoms with E-state index < -0.39 is 23.6 Å². The molecule has 0 bridgehead atoms. The van der Waals surface area contributed by atoms with Crippen molar-refractivity contribution < 1.29 is 18.7 Å². The molecule has 0 fully saturated rings. The Hall–Kier alpha value is -3.13. The molecule has 28 heavy (non-hydrogen) atoms. The highest BCUT2D eigenvalue weighted by Crippen LogP contribution is 2.17. The number of rotatable bonds is 5. The van der Waals surface area contributed by atoms with Gasteiger partial charge < -0.3 is 10.4 Å². The minimum Gasteiger partial charge on any atom is -0.387 e. The highest BCUT2D eigenvalue weighted by molar-refractivity contribution is 5.93. The lowest BCUT2D eigenvalue weighted by Crippen LogP contribution is -2.29. The molecule has 146 valence electrons. The topological polar surface area (TPSA) is 80.0 Å². The summed E-state index contributed by atoms with van der Waals surface area (Å²) in [4.78, 5) is 13.8. The van der Waals surface area contributed by atoms with Crippen LogP contribution in [0.5, 0.6) is 0 Å². The number of nitrogens with zero attached hydrogens (tertiary/aromatic N) is 3. The summed E-state index contributed by atoms with van der Waals surface area (Å²) in [6, 6.07) is 8.88. The molecule has 8 heteroatoms. The number of hydrogen-bond donors (Lipinski definition) is 2. The van der Waals surface area contributed by atoms with Gasteiger partial charge in [0.15, 0.2) is 17.3 Å². The Morgan fingerprint density at radius 1 is 1.11 bits per heavy atom. The van der Waals surface area contributed by atoms with Crippen LogP contribution in [0.1, 0.15) is 39.0 Å². The number of aromatic nitrogens is 3. The molecule has 3 rings (SSSR count). The van der Waals surface area contributed by atoms with Crippen LogP contribution >= 0.6 is 0 Å². The van der Waals surface area contributed by atoms with E-state index in [-0.39, 0.29) is 17.8 Å². The van der Waals surface area contributed by atoms with Crippen molar-refractivity contribution in [2.24, 2.45) is 0 Å². The Morgan fingerprint density at radius 3 is 2.54 bits per heavy atom. The maximum Gasteiger partial charge on any atom is 0.273 e. The van der Waals surface area contributed by atoms with Crippen LogP contribution < -0.4 is 5.32 Å². The molecule has 0 spiro atoms. The molecule has 0 aliphatic carbocycles. The number of aliphatic hydroxyl groups is 1. The molecule has 0 aliphatic rings. The van der Waals surface area contributed by atoms with E-state index in [1.54, 1.807) is 6.92 Å². The molecule has 1 atom stereocenters. The predicted octanol–water partition coefficient (Wildman–Crippen LogP) is 2.93. The van der Waals surface area contributed by atoms with Crippen molar-refractivity contribution in [3.8, 4) is 5.69 Å². The summed E-state index contributed by atoms with van der Waals surface area (Å²) in [6.45, 7) is 5.39. The Labute approximate surface area is 160 Å². The molecule has 0 radical (unpaired) electrons. The second-order valence-corrected chi connectivity index (χ2v) is 6.61. The van der Waals surface area contributed by atoms with E-state index >= 15 is 0 Å². The summed E-state index contributed by atoms with van der Waals surface area (Å²) >= 11 is 0. The van der Waals surface area contributed by atoms with E-state index in [2.05, 4.69) is 15.5 Å². The maximum atomic E-state index is 13.3. The number of hydrogen-bond acceptors (Lipinski definition) is 4. The van der Waals surface area contributed by atoms with Gasteiger partial charge in [-0.2, -0.15) is 9.90 Å². The van der Waals surface area contributed by atoms with E-state index in [1.807, 2.05) is 32.0 Å². The first-order valence-corrected chi connectivity index (χ1v) is 8.69. The van der Waals surface area contributed by atoms with Crippen molar-refractivity contribution in [3.05, 3.63) is 76.1 Å². The molecule has 0 saturated heterocycles. The molecule has 6 nitrogen and oxygen atoms in total. The van der Waals surface area contributed by atoms with E-state index in [4.69, 9.17) is 0 Å². The molecule has 1 aromatic heterocycles. The average molecular weight is 386 g/mol. The fourth-order valence-electron chi connectivity index (χ4n) is 2.84. The zero-order valence-corrected chi connectivity index (χ0v) is 15.7. The first-order valence-electron chi connectivity index (χ1n) is 8.69. The maximum absolute atomic E-state index is 13.3. The summed E-state index contributed by atoms with van der Waals surface area (Å²) in [5.41, 5.74) is 3.55. The number of halogens is 2. The van der Waals surface area contributed by atoms with Crippen molar-refractivity contribution in [2.75, 3.05) is 6.54 Å². The number of aryl methyl sites for hydroxylation is 3. The lowest BCUT2D eigenvalue weighted by molar-refractivity contribution is 0.0910. The molecule has 2 aromatic carbocycles. The summed E-state index contributed by atoms with van der Waals surface area (Å²) in [7, 11) is 0. The lowest BCUT2D eigenvalue weighted by atomic mass is 10.1. The fraction of sp³-hybridized carbons (Fsp3) is 0.250. The molecule has 3 aromatic rings. The van der Waals surface area contributed by atoms with Crippen LogP contribution in [0, 0.1) is 32.4 Å². The highest BCUT2D eigenvalue weighted by Gasteiger charge is 2.19. The summed E-state index contributed by atoms with van der Waals surface area (Å²) in [5, 5.41) is 21.2. The standard InChI is InChI=1S/C20H20F2N4O2/c1-11-4-7-17(12(2)8-11)26-24-13(3)19(25-26)20(28)23-10-18(27)14-5-6-15(21)16(22)9-14/h4-9,18,27H,10H2,1-3H3,(H,23,28). The Balaban J connectivity index is 1.72. The number of carbonyl (C=O) groups excluding carboxylic acids is 1. The van der Waals surface area contributed by atoms with Gasteiger partial charge in [0.25, 0.3) is 5.91 Å². The van der Waals surface area contributed by atoms with Gasteiger partial charge in [-0.15, -0.1) is 5.10 Å². The van der Waals surface area contributed by atoms with E-state index in [0.717, 1.165) is 28.9 Å². The Morgan fingerprint density at radius 2 is 1.86 bits per heavy atom. The first-order chi connectivity index (χ1) is 13.3. The highest BCUT2D eigenvalue weighted by atomic mass is 19.2. The van der Waals surface area contributed by atoms with Gasteiger partial charge >= 0.3 is 0 Å². The Bertz CT molecular complexity index is 1030. The number of amides is 1. The number of nitrogens with one attached hydrogen (secondary N) is 1. The molecule has 1 heterocycles. The number of carbonyl (C=O) groups is 1. The van der Waals surface area contributed by atoms with Gasteiger partial charge in [0, 0.05) is 6.54 Å². The quantitative estimate of drug-likeness (QED) is 0.707. The monoisotopic (exact) mass is 386 g/mol. The zero-order valence-electron chi connectivity index (χ0n) is 15.7.